The Bertz CT molecular complexity index is 300. The van der Waals surface area contributed by atoms with Crippen LogP contribution < -0.4 is 0 Å². The van der Waals surface area contributed by atoms with E-state index in [1.807, 2.05) is 0 Å². The fourth-order valence-electron chi connectivity index (χ4n) is 0.0680. The van der Waals surface area contributed by atoms with Crippen LogP contribution in [0.1, 0.15) is 0 Å². The minimum Gasteiger partial charge on any atom is -0.475 e. The van der Waals surface area contributed by atoms with Gasteiger partial charge in [0.2, 0.25) is 0 Å². The van der Waals surface area contributed by atoms with Crippen LogP contribution in [0.4, 0.5) is 13.2 Å². The van der Waals surface area contributed by atoms with E-state index < -0.39 is 22.0 Å². The first kappa shape index (κ1) is 15.2. The average molecular weight is 232 g/mol. The van der Waals surface area contributed by atoms with Gasteiger partial charge in [0.05, 0.1) is 0 Å². The van der Waals surface area contributed by atoms with Gasteiger partial charge in [-0.2, -0.15) is 13.2 Å². The molecule has 0 aliphatic rings. The molecule has 0 radical (unpaired) electrons. The van der Waals surface area contributed by atoms with Crippen molar-refractivity contribution in [2.24, 2.45) is 0 Å². The van der Waals surface area contributed by atoms with Crippen LogP contribution in [-0.2, 0) is 14.6 Å². The molecule has 0 rings (SSSR count). The highest BCUT2D eigenvalue weighted by Crippen LogP contribution is 2.13. The van der Waals surface area contributed by atoms with Gasteiger partial charge in [-0.1, -0.05) is 13.2 Å². The molecule has 0 saturated carbocycles. The molecule has 0 spiro atoms. The molecule has 0 aromatic carbocycles. The van der Waals surface area contributed by atoms with Crippen LogP contribution >= 0.6 is 0 Å². The third-order valence-electron chi connectivity index (χ3n) is 0.707. The van der Waals surface area contributed by atoms with E-state index in [-0.39, 0.29) is 0 Å². The normalized spacial score (nSPS) is 10.8. The van der Waals surface area contributed by atoms with Gasteiger partial charge in [-0.25, -0.2) is 13.2 Å². The number of carbonyl (C=O) groups is 1. The molecule has 0 aromatic heterocycles. The van der Waals surface area contributed by atoms with E-state index in [1.165, 1.54) is 0 Å². The fourth-order valence-corrected chi connectivity index (χ4v) is 0.204. The molecule has 8 heteroatoms. The van der Waals surface area contributed by atoms with E-state index >= 15 is 0 Å². The van der Waals surface area contributed by atoms with Gasteiger partial charge < -0.3 is 5.11 Å². The van der Waals surface area contributed by atoms with E-state index in [1.54, 1.807) is 0 Å². The standard InChI is InChI=1S/C4H6O2S.C2HF3O2/c1-3-7(5,6)4-2;3-2(4,5)1(6)7/h3-4H,1-2H2;(H,6,7). The second-order valence-electron chi connectivity index (χ2n) is 1.73. The number of carboxylic acid groups (broad SMARTS) is 1. The average Bonchev–Trinajstić information content (AvgIpc) is 2.04. The van der Waals surface area contributed by atoms with Gasteiger partial charge in [0.15, 0.2) is 9.84 Å². The van der Waals surface area contributed by atoms with Crippen molar-refractivity contribution in [3.63, 3.8) is 0 Å². The number of aliphatic carboxylic acids is 1. The Balaban J connectivity index is 0. The topological polar surface area (TPSA) is 71.4 Å². The highest BCUT2D eigenvalue weighted by Gasteiger charge is 2.38. The van der Waals surface area contributed by atoms with Gasteiger partial charge in [0.25, 0.3) is 0 Å². The van der Waals surface area contributed by atoms with Crippen molar-refractivity contribution in [3.8, 4) is 0 Å². The molecule has 0 bridgehead atoms. The van der Waals surface area contributed by atoms with Gasteiger partial charge in [0, 0.05) is 10.8 Å². The maximum Gasteiger partial charge on any atom is 0.490 e. The van der Waals surface area contributed by atoms with Gasteiger partial charge in [-0.15, -0.1) is 0 Å². The summed E-state index contributed by atoms with van der Waals surface area (Å²) in [6.45, 7) is 6.09. The van der Waals surface area contributed by atoms with Crippen LogP contribution in [0.3, 0.4) is 0 Å². The lowest BCUT2D eigenvalue weighted by molar-refractivity contribution is -0.192. The lowest BCUT2D eigenvalue weighted by atomic mass is 10.7. The number of hydrogen-bond donors (Lipinski definition) is 1. The smallest absolute Gasteiger partial charge is 0.475 e. The third-order valence-corrected chi connectivity index (χ3v) is 1.64. The Morgan fingerprint density at radius 1 is 1.21 bits per heavy atom. The Morgan fingerprint density at radius 3 is 1.43 bits per heavy atom. The largest absolute Gasteiger partial charge is 0.490 e. The molecule has 0 aromatic rings. The van der Waals surface area contributed by atoms with E-state index in [4.69, 9.17) is 9.90 Å². The van der Waals surface area contributed by atoms with E-state index in [2.05, 4.69) is 13.2 Å². The molecule has 0 atom stereocenters. The SMILES string of the molecule is C=CS(=O)(=O)C=C.O=C(O)C(F)(F)F. The maximum absolute atomic E-state index is 10.6. The fraction of sp³-hybridized carbons (Fsp3) is 0.167. The van der Waals surface area contributed by atoms with Crippen molar-refractivity contribution in [1.82, 2.24) is 0 Å². The number of carboxylic acids is 1. The van der Waals surface area contributed by atoms with Crippen LogP contribution in [0.5, 0.6) is 0 Å². The van der Waals surface area contributed by atoms with Crippen LogP contribution in [0.25, 0.3) is 0 Å². The zero-order valence-corrected chi connectivity index (χ0v) is 7.60. The molecule has 0 unspecified atom stereocenters. The van der Waals surface area contributed by atoms with Crippen LogP contribution in [-0.4, -0.2) is 25.7 Å². The Morgan fingerprint density at radius 2 is 1.43 bits per heavy atom. The van der Waals surface area contributed by atoms with Gasteiger partial charge in [-0.3, -0.25) is 0 Å². The van der Waals surface area contributed by atoms with Gasteiger partial charge in [0.1, 0.15) is 0 Å². The van der Waals surface area contributed by atoms with Gasteiger partial charge >= 0.3 is 12.1 Å². The van der Waals surface area contributed by atoms with Crippen molar-refractivity contribution < 1.29 is 31.5 Å². The summed E-state index contributed by atoms with van der Waals surface area (Å²) in [6.07, 6.45) is -5.08. The molecule has 1 N–H and O–H groups in total. The number of halogens is 3. The van der Waals surface area contributed by atoms with Crippen molar-refractivity contribution in [2.45, 2.75) is 6.18 Å². The first-order valence-corrected chi connectivity index (χ1v) is 4.48. The van der Waals surface area contributed by atoms with Crippen LogP contribution in [0.2, 0.25) is 0 Å². The summed E-state index contributed by atoms with van der Waals surface area (Å²) in [5.74, 6) is -2.76. The summed E-state index contributed by atoms with van der Waals surface area (Å²) in [7, 11) is -3.13. The molecule has 82 valence electrons. The quantitative estimate of drug-likeness (QED) is 0.779. The van der Waals surface area contributed by atoms with Crippen LogP contribution in [0, 0.1) is 0 Å². The molecule has 0 aliphatic carbocycles. The molecule has 0 fully saturated rings. The molecule has 0 saturated heterocycles. The zero-order chi connectivity index (χ0) is 12.0. The second kappa shape index (κ2) is 5.43. The summed E-state index contributed by atoms with van der Waals surface area (Å²) in [6, 6.07) is 0. The van der Waals surface area contributed by atoms with E-state index in [0.29, 0.717) is 0 Å². The molecule has 0 heterocycles. The first-order chi connectivity index (χ1) is 6.06. The molecule has 0 aliphatic heterocycles. The summed E-state index contributed by atoms with van der Waals surface area (Å²) < 4.78 is 52.0. The van der Waals surface area contributed by atoms with Crippen LogP contribution in [0.15, 0.2) is 24.0 Å². The zero-order valence-electron chi connectivity index (χ0n) is 6.78. The van der Waals surface area contributed by atoms with Gasteiger partial charge in [-0.05, 0) is 0 Å². The first-order valence-electron chi connectivity index (χ1n) is 2.87. The number of rotatable bonds is 2. The second-order valence-corrected chi connectivity index (χ2v) is 3.57. The van der Waals surface area contributed by atoms with Crippen molar-refractivity contribution in [2.75, 3.05) is 0 Å². The van der Waals surface area contributed by atoms with Crippen molar-refractivity contribution in [3.05, 3.63) is 24.0 Å². The lowest BCUT2D eigenvalue weighted by Crippen LogP contribution is -2.21. The Kier molecular flexibility index (Phi) is 5.88. The molecule has 14 heavy (non-hydrogen) atoms. The molecule has 0 amide bonds. The predicted octanol–water partition coefficient (Wildman–Crippen LogP) is 1.32. The molecular weight excluding hydrogens is 225 g/mol. The number of hydrogen-bond acceptors (Lipinski definition) is 3. The predicted molar refractivity (Wildman–Crippen MR) is 43.0 cm³/mol. The minimum atomic E-state index is -5.08. The molecule has 4 nitrogen and oxygen atoms in total. The number of alkyl halides is 3. The summed E-state index contributed by atoms with van der Waals surface area (Å²) >= 11 is 0. The monoisotopic (exact) mass is 232 g/mol. The highest BCUT2D eigenvalue weighted by atomic mass is 32.2. The maximum atomic E-state index is 10.6. The highest BCUT2D eigenvalue weighted by molar-refractivity contribution is 7.97. The van der Waals surface area contributed by atoms with Crippen molar-refractivity contribution in [1.29, 1.82) is 0 Å². The minimum absolute atomic E-state index is 0.847. The summed E-state index contributed by atoms with van der Waals surface area (Å²) in [4.78, 5) is 8.90. The Labute approximate surface area is 78.3 Å². The third kappa shape index (κ3) is 8.78. The summed E-state index contributed by atoms with van der Waals surface area (Å²) in [5.41, 5.74) is 0. The van der Waals surface area contributed by atoms with Crippen molar-refractivity contribution >= 4 is 15.8 Å². The Hall–Kier alpha value is -1.31. The lowest BCUT2D eigenvalue weighted by Gasteiger charge is -1.93. The number of sulfone groups is 1. The molecular formula is C6H7F3O4S. The summed E-state index contributed by atoms with van der Waals surface area (Å²) in [5, 5.41) is 8.82. The van der Waals surface area contributed by atoms with E-state index in [9.17, 15) is 21.6 Å². The van der Waals surface area contributed by atoms with E-state index in [0.717, 1.165) is 10.8 Å².